The minimum absolute atomic E-state index is 0.0575. The van der Waals surface area contributed by atoms with Crippen LogP contribution in [0.25, 0.3) is 0 Å². The molecular weight excluding hydrogens is 268 g/mol. The van der Waals surface area contributed by atoms with Gasteiger partial charge in [-0.25, -0.2) is 18.1 Å². The molecule has 3 N–H and O–H groups in total. The second-order valence-corrected chi connectivity index (χ2v) is 5.50. The van der Waals surface area contributed by atoms with Crippen LogP contribution in [0.4, 0.5) is 5.82 Å². The minimum Gasteiger partial charge on any atom is -0.373 e. The highest BCUT2D eigenvalue weighted by Crippen LogP contribution is 2.09. The molecule has 1 amide bonds. The smallest absolute Gasteiger partial charge is 0.242 e. The van der Waals surface area contributed by atoms with Crippen molar-refractivity contribution in [3.8, 4) is 0 Å². The third-order valence-corrected chi connectivity index (χ3v) is 3.77. The third-order valence-electron chi connectivity index (χ3n) is 2.32. The molecule has 0 fully saturated rings. The number of aromatic nitrogens is 1. The molecule has 0 aliphatic carbocycles. The van der Waals surface area contributed by atoms with Crippen molar-refractivity contribution in [2.45, 2.75) is 18.2 Å². The number of sulfonamides is 1. The number of anilines is 1. The van der Waals surface area contributed by atoms with Crippen molar-refractivity contribution >= 4 is 21.7 Å². The van der Waals surface area contributed by atoms with Crippen LogP contribution in [0.1, 0.15) is 13.3 Å². The Kier molecular flexibility index (Phi) is 5.71. The maximum atomic E-state index is 11.9. The normalized spacial score (nSPS) is 11.1. The van der Waals surface area contributed by atoms with E-state index in [-0.39, 0.29) is 23.8 Å². The van der Waals surface area contributed by atoms with Gasteiger partial charge in [0, 0.05) is 32.8 Å². The summed E-state index contributed by atoms with van der Waals surface area (Å²) in [7, 11) is -1.92. The number of nitrogens with one attached hydrogen (secondary N) is 3. The first-order chi connectivity index (χ1) is 8.99. The molecule has 0 radical (unpaired) electrons. The summed E-state index contributed by atoms with van der Waals surface area (Å²) < 4.78 is 26.1. The van der Waals surface area contributed by atoms with Gasteiger partial charge < -0.3 is 10.6 Å². The standard InChI is InChI=1S/C11H18N4O3S/c1-3-13-11(16)6-7-15-19(17,18)9-4-5-10(12-2)14-8-9/h4-5,8,15H,3,6-7H2,1-2H3,(H,12,14)(H,13,16). The van der Waals surface area contributed by atoms with Crippen molar-refractivity contribution in [3.05, 3.63) is 18.3 Å². The lowest BCUT2D eigenvalue weighted by molar-refractivity contribution is -0.120. The third kappa shape index (κ3) is 4.84. The van der Waals surface area contributed by atoms with Gasteiger partial charge in [-0.1, -0.05) is 0 Å². The van der Waals surface area contributed by atoms with Crippen LogP contribution in [0, 0.1) is 0 Å². The largest absolute Gasteiger partial charge is 0.373 e. The molecule has 0 saturated heterocycles. The fourth-order valence-electron chi connectivity index (χ4n) is 1.35. The van der Waals surface area contributed by atoms with Crippen molar-refractivity contribution in [3.63, 3.8) is 0 Å². The van der Waals surface area contributed by atoms with E-state index in [0.29, 0.717) is 12.4 Å². The molecule has 0 aliphatic rings. The van der Waals surface area contributed by atoms with Gasteiger partial charge in [0.2, 0.25) is 15.9 Å². The zero-order chi connectivity index (χ0) is 14.3. The van der Waals surface area contributed by atoms with Gasteiger partial charge in [0.15, 0.2) is 0 Å². The molecule has 1 rings (SSSR count). The fourth-order valence-corrected chi connectivity index (χ4v) is 2.33. The first-order valence-corrected chi connectivity index (χ1v) is 7.38. The highest BCUT2D eigenvalue weighted by molar-refractivity contribution is 7.89. The maximum Gasteiger partial charge on any atom is 0.242 e. The number of nitrogens with zero attached hydrogens (tertiary/aromatic N) is 1. The van der Waals surface area contributed by atoms with Crippen molar-refractivity contribution in [1.29, 1.82) is 0 Å². The Hall–Kier alpha value is -1.67. The lowest BCUT2D eigenvalue weighted by atomic mass is 10.4. The summed E-state index contributed by atoms with van der Waals surface area (Å²) in [5, 5.41) is 5.39. The van der Waals surface area contributed by atoms with Gasteiger partial charge in [0.05, 0.1) is 0 Å². The first-order valence-electron chi connectivity index (χ1n) is 5.89. The molecule has 7 nitrogen and oxygen atoms in total. The van der Waals surface area contributed by atoms with Crippen LogP contribution in [0.3, 0.4) is 0 Å². The van der Waals surface area contributed by atoms with Crippen molar-refractivity contribution in [2.75, 3.05) is 25.5 Å². The Morgan fingerprint density at radius 3 is 2.63 bits per heavy atom. The number of rotatable bonds is 7. The molecule has 0 aliphatic heterocycles. The average molecular weight is 286 g/mol. The SMILES string of the molecule is CCNC(=O)CCNS(=O)(=O)c1ccc(NC)nc1. The van der Waals surface area contributed by atoms with E-state index in [1.54, 1.807) is 20.0 Å². The zero-order valence-corrected chi connectivity index (χ0v) is 11.8. The topological polar surface area (TPSA) is 100 Å². The van der Waals surface area contributed by atoms with Gasteiger partial charge in [-0.15, -0.1) is 0 Å². The summed E-state index contributed by atoms with van der Waals surface area (Å²) in [5.74, 6) is 0.398. The summed E-state index contributed by atoms with van der Waals surface area (Å²) in [6, 6.07) is 3.02. The van der Waals surface area contributed by atoms with E-state index >= 15 is 0 Å². The highest BCUT2D eigenvalue weighted by Gasteiger charge is 2.14. The second-order valence-electron chi connectivity index (χ2n) is 3.73. The number of hydrogen-bond donors (Lipinski definition) is 3. The average Bonchev–Trinajstić information content (AvgIpc) is 2.39. The molecule has 19 heavy (non-hydrogen) atoms. The molecule has 0 spiro atoms. The lowest BCUT2D eigenvalue weighted by Crippen LogP contribution is -2.30. The van der Waals surface area contributed by atoms with Gasteiger partial charge in [0.1, 0.15) is 10.7 Å². The van der Waals surface area contributed by atoms with E-state index in [1.165, 1.54) is 12.3 Å². The molecule has 1 aromatic rings. The molecule has 0 saturated carbocycles. The fraction of sp³-hybridized carbons (Fsp3) is 0.455. The van der Waals surface area contributed by atoms with E-state index < -0.39 is 10.0 Å². The minimum atomic E-state index is -3.62. The van der Waals surface area contributed by atoms with Gasteiger partial charge in [-0.2, -0.15) is 0 Å². The van der Waals surface area contributed by atoms with Crippen LogP contribution < -0.4 is 15.4 Å². The Bertz CT molecular complexity index is 513. The van der Waals surface area contributed by atoms with Gasteiger partial charge in [0.25, 0.3) is 0 Å². The van der Waals surface area contributed by atoms with Crippen LogP contribution in [-0.4, -0.2) is 39.4 Å². The molecule has 8 heteroatoms. The molecule has 0 bridgehead atoms. The number of hydrogen-bond acceptors (Lipinski definition) is 5. The van der Waals surface area contributed by atoms with Crippen LogP contribution in [0.2, 0.25) is 0 Å². The predicted octanol–water partition coefficient (Wildman–Crippen LogP) is -0.0722. The van der Waals surface area contributed by atoms with E-state index in [0.717, 1.165) is 0 Å². The summed E-state index contributed by atoms with van der Waals surface area (Å²) in [4.78, 5) is 15.2. The van der Waals surface area contributed by atoms with E-state index in [2.05, 4.69) is 20.3 Å². The van der Waals surface area contributed by atoms with Crippen LogP contribution >= 0.6 is 0 Å². The van der Waals surface area contributed by atoms with E-state index in [4.69, 9.17) is 0 Å². The molecule has 1 heterocycles. The number of carbonyl (C=O) groups excluding carboxylic acids is 1. The highest BCUT2D eigenvalue weighted by atomic mass is 32.2. The molecule has 1 aromatic heterocycles. The molecule has 0 atom stereocenters. The molecule has 106 valence electrons. The van der Waals surface area contributed by atoms with Gasteiger partial charge in [-0.3, -0.25) is 4.79 Å². The molecular formula is C11H18N4O3S. The number of amides is 1. The Morgan fingerprint density at radius 1 is 1.37 bits per heavy atom. The molecule has 0 aromatic carbocycles. The van der Waals surface area contributed by atoms with E-state index in [9.17, 15) is 13.2 Å². The zero-order valence-electron chi connectivity index (χ0n) is 10.9. The van der Waals surface area contributed by atoms with Crippen molar-refractivity contribution in [2.24, 2.45) is 0 Å². The quantitative estimate of drug-likeness (QED) is 0.651. The Balaban J connectivity index is 2.57. The Morgan fingerprint density at radius 2 is 2.11 bits per heavy atom. The summed E-state index contributed by atoms with van der Waals surface area (Å²) in [6.07, 6.45) is 1.37. The lowest BCUT2D eigenvalue weighted by Gasteiger charge is -2.07. The molecule has 0 unspecified atom stereocenters. The van der Waals surface area contributed by atoms with Crippen LogP contribution in [0.15, 0.2) is 23.2 Å². The summed E-state index contributed by atoms with van der Waals surface area (Å²) >= 11 is 0. The van der Waals surface area contributed by atoms with Gasteiger partial charge >= 0.3 is 0 Å². The predicted molar refractivity (Wildman–Crippen MR) is 72.3 cm³/mol. The summed E-state index contributed by atoms with van der Waals surface area (Å²) in [5.41, 5.74) is 0. The second kappa shape index (κ2) is 7.05. The van der Waals surface area contributed by atoms with Crippen molar-refractivity contribution in [1.82, 2.24) is 15.0 Å². The monoisotopic (exact) mass is 286 g/mol. The summed E-state index contributed by atoms with van der Waals surface area (Å²) in [6.45, 7) is 2.39. The first kappa shape index (κ1) is 15.4. The van der Waals surface area contributed by atoms with Crippen molar-refractivity contribution < 1.29 is 13.2 Å². The Labute approximate surface area is 112 Å². The number of carbonyl (C=O) groups is 1. The van der Waals surface area contributed by atoms with E-state index in [1.807, 2.05) is 0 Å². The number of pyridine rings is 1. The van der Waals surface area contributed by atoms with Crippen LogP contribution in [0.5, 0.6) is 0 Å². The van der Waals surface area contributed by atoms with Gasteiger partial charge in [-0.05, 0) is 19.1 Å². The maximum absolute atomic E-state index is 11.9. The van der Waals surface area contributed by atoms with Crippen LogP contribution in [-0.2, 0) is 14.8 Å².